The van der Waals surface area contributed by atoms with Crippen LogP contribution in [0.3, 0.4) is 0 Å². The molecular weight excluding hydrogens is 1030 g/mol. The van der Waals surface area contributed by atoms with Crippen molar-refractivity contribution in [3.05, 3.63) is 46.5 Å². The van der Waals surface area contributed by atoms with Crippen LogP contribution in [-0.2, 0) is 58.8 Å². The number of fused-ring (bicyclic) bond motifs is 6. The second kappa shape index (κ2) is 23.8. The number of anilines is 1. The molecule has 0 radical (unpaired) electrons. The van der Waals surface area contributed by atoms with E-state index in [2.05, 4.69) is 14.4 Å². The third-order valence-electron chi connectivity index (χ3n) is 12.9. The summed E-state index contributed by atoms with van der Waals surface area (Å²) in [5, 5.41) is 13.9. The molecule has 1 aliphatic carbocycles. The molecule has 6 bridgehead atoms. The molecule has 5 heterocycles. The average molecular weight is 1090 g/mol. The van der Waals surface area contributed by atoms with E-state index in [4.69, 9.17) is 44.8 Å². The number of rotatable bonds is 16. The van der Waals surface area contributed by atoms with Gasteiger partial charge in [-0.25, -0.2) is 9.59 Å². The van der Waals surface area contributed by atoms with Gasteiger partial charge in [-0.15, -0.1) is 11.8 Å². The number of hydrogen-bond acceptors (Lipinski definition) is 16. The third kappa shape index (κ3) is 13.4. The molecule has 5 amide bonds. The fourth-order valence-electron chi connectivity index (χ4n) is 9.17. The molecular formula is C45H61ClIN5O14S. The van der Waals surface area contributed by atoms with Crippen molar-refractivity contribution >= 4 is 87.6 Å². The summed E-state index contributed by atoms with van der Waals surface area (Å²) >= 11 is 9.98. The summed E-state index contributed by atoms with van der Waals surface area (Å²) in [4.78, 5) is 81.0. The van der Waals surface area contributed by atoms with Gasteiger partial charge >= 0.3 is 12.1 Å². The van der Waals surface area contributed by atoms with Crippen molar-refractivity contribution in [1.29, 1.82) is 0 Å². The van der Waals surface area contributed by atoms with Gasteiger partial charge in [0.25, 0.3) is 0 Å². The van der Waals surface area contributed by atoms with Crippen molar-refractivity contribution in [3.8, 4) is 5.75 Å². The Balaban J connectivity index is 1.02. The fraction of sp³-hybridized carbons (Fsp3) is 0.644. The number of amides is 5. The van der Waals surface area contributed by atoms with Crippen LogP contribution in [-0.4, -0.2) is 147 Å². The first-order chi connectivity index (χ1) is 32.0. The minimum Gasteiger partial charge on any atom is -0.495 e. The molecule has 22 heteroatoms. The smallest absolute Gasteiger partial charge is 0.409 e. The maximum absolute atomic E-state index is 14.1. The zero-order chi connectivity index (χ0) is 48.5. The Morgan fingerprint density at radius 3 is 2.46 bits per heavy atom. The van der Waals surface area contributed by atoms with Gasteiger partial charge in [0.15, 0.2) is 5.72 Å². The Morgan fingerprint density at radius 1 is 1.03 bits per heavy atom. The number of esters is 1. The quantitative estimate of drug-likeness (QED) is 0.0456. The van der Waals surface area contributed by atoms with E-state index in [1.807, 2.05) is 35.9 Å². The maximum atomic E-state index is 14.1. The SMILES string of the molecule is COc1cc2cc(c1Cl)N(C)C(=O)C[C@H](OC(=O)COCCOCCSC1CC(=O)N(CC3CCC(C(=O)NNI)CC3)C1=O)[C@@]1(C)C[C@@H](O1)[C@@H]1C[C@@](O)(NC(=O)O1)[C@H](OC)/C=C/C=C(\C)C2. The van der Waals surface area contributed by atoms with Crippen LogP contribution in [0.2, 0.25) is 5.02 Å². The summed E-state index contributed by atoms with van der Waals surface area (Å²) < 4.78 is 42.9. The number of methoxy groups -OCH3 is 2. The first kappa shape index (κ1) is 52.8. The molecule has 1 saturated carbocycles. The van der Waals surface area contributed by atoms with E-state index in [1.54, 1.807) is 38.3 Å². The predicted molar refractivity (Wildman–Crippen MR) is 254 cm³/mol. The topological polar surface area (TPSA) is 230 Å². The number of nitrogens with one attached hydrogen (secondary N) is 3. The number of hydrogen-bond donors (Lipinski definition) is 4. The molecule has 4 N–H and O–H groups in total. The van der Waals surface area contributed by atoms with E-state index in [0.717, 1.165) is 24.0 Å². The van der Waals surface area contributed by atoms with E-state index in [9.17, 15) is 33.9 Å². The van der Waals surface area contributed by atoms with Gasteiger partial charge < -0.3 is 43.2 Å². The summed E-state index contributed by atoms with van der Waals surface area (Å²) in [6.45, 7) is 3.98. The van der Waals surface area contributed by atoms with E-state index in [0.29, 0.717) is 43.0 Å². The summed E-state index contributed by atoms with van der Waals surface area (Å²) in [5.41, 5.74) is 1.65. The van der Waals surface area contributed by atoms with Gasteiger partial charge in [0.1, 0.15) is 41.3 Å². The number of imide groups is 1. The fourth-order valence-corrected chi connectivity index (χ4v) is 10.8. The molecule has 0 aromatic heterocycles. The van der Waals surface area contributed by atoms with Crippen LogP contribution in [0.5, 0.6) is 5.75 Å². The molecule has 1 aromatic carbocycles. The first-order valence-corrected chi connectivity index (χ1v) is 24.8. The average Bonchev–Trinajstić information content (AvgIpc) is 3.54. The van der Waals surface area contributed by atoms with E-state index >= 15 is 0 Å². The number of allylic oxidation sites excluding steroid dienone is 3. The van der Waals surface area contributed by atoms with E-state index in [1.165, 1.54) is 35.8 Å². The van der Waals surface area contributed by atoms with Crippen molar-refractivity contribution in [2.45, 2.75) is 113 Å². The van der Waals surface area contributed by atoms with Gasteiger partial charge in [-0.2, -0.15) is 3.64 Å². The minimum absolute atomic E-state index is 0.0436. The van der Waals surface area contributed by atoms with Crippen molar-refractivity contribution in [3.63, 3.8) is 0 Å². The minimum atomic E-state index is -1.85. The predicted octanol–water partition coefficient (Wildman–Crippen LogP) is 4.09. The van der Waals surface area contributed by atoms with Crippen molar-refractivity contribution in [2.75, 3.05) is 64.9 Å². The zero-order valence-corrected chi connectivity index (χ0v) is 42.1. The molecule has 370 valence electrons. The third-order valence-corrected chi connectivity index (χ3v) is 14.7. The first-order valence-electron chi connectivity index (χ1n) is 22.3. The molecule has 0 spiro atoms. The van der Waals surface area contributed by atoms with E-state index < -0.39 is 65.6 Å². The standard InChI is InChI=1S/C45H61ClIN5O14S/c1-26-7-6-8-35(61-5)45(59)23-32(64-43(58)48-45)33-22-44(2,66-33)36(21-37(53)51(3)30-18-28(17-26)19-31(60-4)40(30)46)65-39(55)25-63-14-13-62-15-16-67-34-20-38(54)52(42(34)57)24-27-9-11-29(12-10-27)41(56)49-50-47/h6-8,18-19,27,29,32-36,50,59H,9-17,20-25H2,1-5H3,(H,48,58)(H,49,56)/b8-6+,26-7+/t27?,29?,32-,33+,34?,35+,36-,44+,45-/m0/s1. The van der Waals surface area contributed by atoms with Crippen LogP contribution in [0.1, 0.15) is 70.8 Å². The maximum Gasteiger partial charge on any atom is 0.409 e. The number of benzene rings is 1. The summed E-state index contributed by atoms with van der Waals surface area (Å²) in [6, 6.07) is 3.57. The largest absolute Gasteiger partial charge is 0.495 e. The normalized spacial score (nSPS) is 31.5. The second-order valence-corrected chi connectivity index (χ2v) is 20.0. The molecule has 67 heavy (non-hydrogen) atoms. The molecule has 5 aliphatic heterocycles. The van der Waals surface area contributed by atoms with Gasteiger partial charge in [-0.3, -0.25) is 34.8 Å². The molecule has 3 saturated heterocycles. The Morgan fingerprint density at radius 2 is 1.76 bits per heavy atom. The highest BCUT2D eigenvalue weighted by Gasteiger charge is 2.57. The lowest BCUT2D eigenvalue weighted by molar-refractivity contribution is -0.280. The number of likely N-dealkylation sites (tertiary alicyclic amines) is 1. The van der Waals surface area contributed by atoms with Gasteiger partial charge in [0, 0.05) is 74.5 Å². The number of hydrazine groups is 1. The molecule has 1 aromatic rings. The molecule has 4 fully saturated rings. The Bertz CT molecular complexity index is 2050. The summed E-state index contributed by atoms with van der Waals surface area (Å²) in [6.07, 6.45) is 3.99. The second-order valence-electron chi connectivity index (χ2n) is 17.7. The number of nitrogens with zero attached hydrogens (tertiary/aromatic N) is 2. The monoisotopic (exact) mass is 1090 g/mol. The Labute approximate surface area is 413 Å². The molecule has 6 aliphatic rings. The lowest BCUT2D eigenvalue weighted by Gasteiger charge is -2.53. The number of carbonyl (C=O) groups is 6. The Hall–Kier alpha value is -3.55. The van der Waals surface area contributed by atoms with Crippen LogP contribution in [0, 0.1) is 11.8 Å². The van der Waals surface area contributed by atoms with Crippen molar-refractivity contribution < 1.29 is 67.0 Å². The number of alkyl carbamates (subject to hydrolysis) is 1. The highest BCUT2D eigenvalue weighted by atomic mass is 127. The van der Waals surface area contributed by atoms with E-state index in [-0.39, 0.29) is 80.1 Å². The number of halogens is 2. The highest BCUT2D eigenvalue weighted by molar-refractivity contribution is 14.1. The number of aliphatic hydroxyl groups is 1. The van der Waals surface area contributed by atoms with Gasteiger partial charge in [0.2, 0.25) is 23.6 Å². The van der Waals surface area contributed by atoms with Crippen LogP contribution in [0.4, 0.5) is 10.5 Å². The number of ether oxygens (including phenoxy) is 7. The van der Waals surface area contributed by atoms with Crippen LogP contribution < -0.4 is 24.0 Å². The number of carbonyl (C=O) groups excluding carboxylic acids is 6. The van der Waals surface area contributed by atoms with Crippen molar-refractivity contribution in [1.82, 2.24) is 19.3 Å². The van der Waals surface area contributed by atoms with Crippen LogP contribution >= 0.6 is 46.2 Å². The number of thioether (sulfide) groups is 1. The summed E-state index contributed by atoms with van der Waals surface area (Å²) in [7, 11) is 4.47. The Kier molecular flexibility index (Phi) is 18.8. The van der Waals surface area contributed by atoms with Crippen molar-refractivity contribution in [2.24, 2.45) is 11.8 Å². The van der Waals surface area contributed by atoms with Crippen LogP contribution in [0.25, 0.3) is 0 Å². The lowest BCUT2D eigenvalue weighted by atomic mass is 9.79. The molecule has 1 unspecified atom stereocenters. The van der Waals surface area contributed by atoms with Crippen LogP contribution in [0.15, 0.2) is 35.9 Å². The molecule has 19 nitrogen and oxygen atoms in total. The molecule has 7 atom stereocenters. The van der Waals surface area contributed by atoms with Gasteiger partial charge in [-0.05, 0) is 69.6 Å². The zero-order valence-electron chi connectivity index (χ0n) is 38.3. The van der Waals surface area contributed by atoms with Gasteiger partial charge in [0.05, 0.1) is 50.4 Å². The molecule has 7 rings (SSSR count). The van der Waals surface area contributed by atoms with Gasteiger partial charge in [-0.1, -0.05) is 35.4 Å². The highest BCUT2D eigenvalue weighted by Crippen LogP contribution is 2.44. The lowest BCUT2D eigenvalue weighted by Crippen LogP contribution is -2.68. The summed E-state index contributed by atoms with van der Waals surface area (Å²) in [5.74, 6) is -0.703.